The number of carbonyl (C=O) groups excluding carboxylic acids is 1. The molecule has 11 heteroatoms. The highest BCUT2D eigenvalue weighted by molar-refractivity contribution is 7.91. The van der Waals surface area contributed by atoms with Gasteiger partial charge in [0.15, 0.2) is 0 Å². The van der Waals surface area contributed by atoms with E-state index in [9.17, 15) is 26.4 Å². The third-order valence-electron chi connectivity index (χ3n) is 5.37. The lowest BCUT2D eigenvalue weighted by atomic mass is 10.0. The van der Waals surface area contributed by atoms with Crippen molar-refractivity contribution < 1.29 is 31.1 Å². The lowest BCUT2D eigenvalue weighted by molar-refractivity contribution is -0.137. The standard InChI is InChI=1S/C21H25F3N2O4S2/c1-4-13(2)25-32(28,29)20-18(19(27)30-3)16-8-9-26(12-17(16)31-20)11-14-6-5-7-15(10-14)21(22,23)24/h5-7,10,13,25H,4,8-9,11-12H2,1-3H3. The zero-order valence-electron chi connectivity index (χ0n) is 18.0. The van der Waals surface area contributed by atoms with E-state index in [-0.39, 0.29) is 22.4 Å². The average Bonchev–Trinajstić information content (AvgIpc) is 3.12. The number of esters is 1. The molecule has 0 amide bonds. The van der Waals surface area contributed by atoms with E-state index in [1.54, 1.807) is 13.0 Å². The van der Waals surface area contributed by atoms with Crippen LogP contribution in [0.5, 0.6) is 0 Å². The number of methoxy groups -OCH3 is 1. The number of nitrogens with one attached hydrogen (secondary N) is 1. The van der Waals surface area contributed by atoms with Gasteiger partial charge >= 0.3 is 12.1 Å². The van der Waals surface area contributed by atoms with Crippen LogP contribution in [-0.4, -0.2) is 39.0 Å². The summed E-state index contributed by atoms with van der Waals surface area (Å²) < 4.78 is 72.3. The maximum atomic E-state index is 13.0. The van der Waals surface area contributed by atoms with E-state index in [1.807, 2.05) is 11.8 Å². The van der Waals surface area contributed by atoms with Crippen LogP contribution in [0.15, 0.2) is 28.5 Å². The lowest BCUT2D eigenvalue weighted by Crippen LogP contribution is -2.32. The van der Waals surface area contributed by atoms with Gasteiger partial charge in [0.1, 0.15) is 4.21 Å². The zero-order chi connectivity index (χ0) is 23.7. The summed E-state index contributed by atoms with van der Waals surface area (Å²) in [4.78, 5) is 15.1. The van der Waals surface area contributed by atoms with E-state index in [0.717, 1.165) is 23.5 Å². The summed E-state index contributed by atoms with van der Waals surface area (Å²) in [6, 6.07) is 4.85. The Labute approximate surface area is 189 Å². The molecule has 0 saturated heterocycles. The molecule has 1 atom stereocenters. The van der Waals surface area contributed by atoms with Crippen LogP contribution in [0.1, 0.15) is 52.2 Å². The monoisotopic (exact) mass is 490 g/mol. The molecule has 0 bridgehead atoms. The molecular formula is C21H25F3N2O4S2. The number of thiophene rings is 1. The predicted molar refractivity (Wildman–Crippen MR) is 115 cm³/mol. The van der Waals surface area contributed by atoms with Crippen LogP contribution in [0.25, 0.3) is 0 Å². The largest absolute Gasteiger partial charge is 0.465 e. The molecule has 1 aromatic carbocycles. The number of benzene rings is 1. The fourth-order valence-electron chi connectivity index (χ4n) is 3.57. The molecule has 0 saturated carbocycles. The Hall–Kier alpha value is -1.95. The molecule has 32 heavy (non-hydrogen) atoms. The minimum Gasteiger partial charge on any atom is -0.465 e. The van der Waals surface area contributed by atoms with Gasteiger partial charge in [0.25, 0.3) is 10.0 Å². The molecule has 2 heterocycles. The number of nitrogens with zero attached hydrogens (tertiary/aromatic N) is 1. The molecule has 0 aliphatic carbocycles. The van der Waals surface area contributed by atoms with Crippen molar-refractivity contribution in [1.29, 1.82) is 0 Å². The summed E-state index contributed by atoms with van der Waals surface area (Å²) in [6.45, 7) is 4.67. The van der Waals surface area contributed by atoms with E-state index >= 15 is 0 Å². The van der Waals surface area contributed by atoms with Crippen LogP contribution >= 0.6 is 11.3 Å². The molecule has 1 unspecified atom stereocenters. The summed E-state index contributed by atoms with van der Waals surface area (Å²) in [5.74, 6) is -0.710. The number of ether oxygens (including phenoxy) is 1. The highest BCUT2D eigenvalue weighted by Gasteiger charge is 2.35. The molecule has 0 fully saturated rings. The van der Waals surface area contributed by atoms with Crippen LogP contribution in [-0.2, 0) is 40.4 Å². The Morgan fingerprint density at radius 1 is 1.34 bits per heavy atom. The zero-order valence-corrected chi connectivity index (χ0v) is 19.6. The van der Waals surface area contributed by atoms with Crippen LogP contribution < -0.4 is 4.72 Å². The summed E-state index contributed by atoms with van der Waals surface area (Å²) >= 11 is 1.01. The van der Waals surface area contributed by atoms with Gasteiger partial charge < -0.3 is 4.74 Å². The van der Waals surface area contributed by atoms with Crippen LogP contribution in [0, 0.1) is 0 Å². The van der Waals surface area contributed by atoms with Gasteiger partial charge in [0, 0.05) is 30.6 Å². The minimum absolute atomic E-state index is 0.0574. The molecule has 3 rings (SSSR count). The van der Waals surface area contributed by atoms with Crippen molar-refractivity contribution in [3.63, 3.8) is 0 Å². The van der Waals surface area contributed by atoms with Crippen LogP contribution in [0.4, 0.5) is 13.2 Å². The van der Waals surface area contributed by atoms with E-state index in [1.165, 1.54) is 13.2 Å². The van der Waals surface area contributed by atoms with Crippen LogP contribution in [0.3, 0.4) is 0 Å². The van der Waals surface area contributed by atoms with Gasteiger partial charge in [-0.3, -0.25) is 4.90 Å². The van der Waals surface area contributed by atoms with Crippen molar-refractivity contribution in [3.05, 3.63) is 51.4 Å². The highest BCUT2D eigenvalue weighted by atomic mass is 32.2. The van der Waals surface area contributed by atoms with Gasteiger partial charge in [-0.1, -0.05) is 25.1 Å². The number of rotatable bonds is 7. The highest BCUT2D eigenvalue weighted by Crippen LogP contribution is 2.37. The third kappa shape index (κ3) is 5.33. The fraction of sp³-hybridized carbons (Fsp3) is 0.476. The number of hydrogen-bond acceptors (Lipinski definition) is 6. The average molecular weight is 491 g/mol. The molecule has 1 aliphatic rings. The van der Waals surface area contributed by atoms with E-state index in [0.29, 0.717) is 41.9 Å². The first-order valence-electron chi connectivity index (χ1n) is 10.1. The predicted octanol–water partition coefficient (Wildman–Crippen LogP) is 4.19. The van der Waals surface area contributed by atoms with E-state index in [4.69, 9.17) is 4.74 Å². The smallest absolute Gasteiger partial charge is 0.416 e. The first-order chi connectivity index (χ1) is 15.0. The number of alkyl halides is 3. The number of halogens is 3. The van der Waals surface area contributed by atoms with E-state index < -0.39 is 27.7 Å². The Balaban J connectivity index is 1.90. The summed E-state index contributed by atoms with van der Waals surface area (Å²) in [5, 5.41) is 0. The number of hydrogen-bond donors (Lipinski definition) is 1. The van der Waals surface area contributed by atoms with Crippen molar-refractivity contribution in [2.45, 2.75) is 56.2 Å². The lowest BCUT2D eigenvalue weighted by Gasteiger charge is -2.27. The van der Waals surface area contributed by atoms with Gasteiger partial charge in [0.05, 0.1) is 18.2 Å². The summed E-state index contributed by atoms with van der Waals surface area (Å²) in [5.41, 5.74) is 0.495. The first kappa shape index (κ1) is 24.7. The first-order valence-corrected chi connectivity index (χ1v) is 12.4. The third-order valence-corrected chi connectivity index (χ3v) is 8.69. The van der Waals surface area contributed by atoms with Crippen molar-refractivity contribution in [1.82, 2.24) is 9.62 Å². The van der Waals surface area contributed by atoms with Gasteiger partial charge in [-0.05, 0) is 37.0 Å². The summed E-state index contributed by atoms with van der Waals surface area (Å²) in [7, 11) is -2.72. The van der Waals surface area contributed by atoms with Gasteiger partial charge in [-0.15, -0.1) is 11.3 Å². The van der Waals surface area contributed by atoms with Gasteiger partial charge in [0.2, 0.25) is 0 Å². The summed E-state index contributed by atoms with van der Waals surface area (Å²) in [6.07, 6.45) is -3.43. The second-order valence-corrected chi connectivity index (χ2v) is 10.8. The molecule has 2 aromatic rings. The number of carbonyl (C=O) groups is 1. The second-order valence-electron chi connectivity index (χ2n) is 7.75. The molecule has 176 valence electrons. The maximum absolute atomic E-state index is 13.0. The van der Waals surface area contributed by atoms with Crippen LogP contribution in [0.2, 0.25) is 0 Å². The Bertz CT molecular complexity index is 1100. The number of fused-ring (bicyclic) bond motifs is 1. The normalized spacial score (nSPS) is 15.9. The Morgan fingerprint density at radius 2 is 2.06 bits per heavy atom. The van der Waals surface area contributed by atoms with Crippen molar-refractivity contribution in [2.24, 2.45) is 0 Å². The molecular weight excluding hydrogens is 465 g/mol. The van der Waals surface area contributed by atoms with Crippen molar-refractivity contribution in [2.75, 3.05) is 13.7 Å². The molecule has 0 spiro atoms. The minimum atomic E-state index is -4.42. The molecule has 1 aliphatic heterocycles. The van der Waals surface area contributed by atoms with Gasteiger partial charge in [-0.2, -0.15) is 13.2 Å². The fourth-order valence-corrected chi connectivity index (χ4v) is 6.84. The maximum Gasteiger partial charge on any atom is 0.416 e. The second kappa shape index (κ2) is 9.50. The van der Waals surface area contributed by atoms with Crippen molar-refractivity contribution >= 4 is 27.3 Å². The molecule has 6 nitrogen and oxygen atoms in total. The van der Waals surface area contributed by atoms with Gasteiger partial charge in [-0.25, -0.2) is 17.9 Å². The Morgan fingerprint density at radius 3 is 2.69 bits per heavy atom. The van der Waals surface area contributed by atoms with Crippen molar-refractivity contribution in [3.8, 4) is 0 Å². The molecule has 1 aromatic heterocycles. The van der Waals surface area contributed by atoms with E-state index in [2.05, 4.69) is 4.72 Å². The molecule has 0 radical (unpaired) electrons. The quantitative estimate of drug-likeness (QED) is 0.589. The SMILES string of the molecule is CCC(C)NS(=O)(=O)c1sc2c(c1C(=O)OC)CCN(Cc1cccc(C(F)(F)F)c1)C2. The number of sulfonamides is 1. The molecule has 1 N–H and O–H groups in total. The topological polar surface area (TPSA) is 75.7 Å². The Kier molecular flexibility index (Phi) is 7.33.